The summed E-state index contributed by atoms with van der Waals surface area (Å²) in [7, 11) is -1.03. The van der Waals surface area contributed by atoms with Gasteiger partial charge >= 0.3 is 13.5 Å². The van der Waals surface area contributed by atoms with Gasteiger partial charge in [0.05, 0.1) is 28.9 Å². The number of hydrogen-bond donors (Lipinski definition) is 0. The molecule has 0 radical (unpaired) electrons. The zero-order chi connectivity index (χ0) is 31.9. The van der Waals surface area contributed by atoms with Crippen molar-refractivity contribution < 1.29 is 22.9 Å². The Balaban J connectivity index is 1.73. The molecule has 0 N–H and O–H groups in total. The van der Waals surface area contributed by atoms with Gasteiger partial charge < -0.3 is 0 Å². The molecule has 1 aliphatic carbocycles. The summed E-state index contributed by atoms with van der Waals surface area (Å²) in [6.07, 6.45) is 0.284. The van der Waals surface area contributed by atoms with Crippen LogP contribution in [-0.4, -0.2) is 30.8 Å². The van der Waals surface area contributed by atoms with Crippen LogP contribution in [0, 0.1) is 0 Å². The average Bonchev–Trinajstić information content (AvgIpc) is 3.43. The topological polar surface area (TPSA) is 123 Å². The van der Waals surface area contributed by atoms with E-state index in [4.69, 9.17) is 13.6 Å². The lowest BCUT2D eigenvalue weighted by Gasteiger charge is -2.31. The van der Waals surface area contributed by atoms with E-state index in [1.165, 1.54) is 23.0 Å². The van der Waals surface area contributed by atoms with E-state index in [1.54, 1.807) is 53.2 Å². The van der Waals surface area contributed by atoms with Crippen LogP contribution < -0.4 is 16.1 Å². The first-order chi connectivity index (χ1) is 19.9. The van der Waals surface area contributed by atoms with Crippen molar-refractivity contribution >= 4 is 30.6 Å². The van der Waals surface area contributed by atoms with Crippen molar-refractivity contribution in [1.29, 1.82) is 0 Å². The summed E-state index contributed by atoms with van der Waals surface area (Å²) >= 11 is 1.23. The van der Waals surface area contributed by atoms with Crippen molar-refractivity contribution in [2.75, 3.05) is 0 Å². The first kappa shape index (κ1) is 32.8. The minimum Gasteiger partial charge on any atom is -0.300 e. The van der Waals surface area contributed by atoms with Gasteiger partial charge in [0.1, 0.15) is 6.73 Å². The number of carbonyl (C=O) groups is 1. The van der Waals surface area contributed by atoms with Crippen LogP contribution in [0.4, 0.5) is 0 Å². The highest BCUT2D eigenvalue weighted by Gasteiger charge is 2.37. The summed E-state index contributed by atoms with van der Waals surface area (Å²) in [5.74, 6) is -0.478. The molecule has 0 atom stereocenters. The highest BCUT2D eigenvalue weighted by atomic mass is 32.1. The number of phosphoric ester groups is 1. The van der Waals surface area contributed by atoms with Crippen LogP contribution in [0.25, 0.3) is 16.8 Å². The van der Waals surface area contributed by atoms with E-state index in [0.29, 0.717) is 33.7 Å². The summed E-state index contributed by atoms with van der Waals surface area (Å²) in [5.41, 5.74) is 1.42. The number of hydrogen-bond acceptors (Lipinski definition) is 8. The maximum Gasteiger partial charge on any atom is 0.477 e. The van der Waals surface area contributed by atoms with Crippen molar-refractivity contribution in [3.05, 3.63) is 78.2 Å². The summed E-state index contributed by atoms with van der Waals surface area (Å²) in [4.78, 5) is 43.6. The van der Waals surface area contributed by atoms with Gasteiger partial charge in [-0.15, -0.1) is 11.3 Å². The van der Waals surface area contributed by atoms with Gasteiger partial charge in [0.15, 0.2) is 4.80 Å². The summed E-state index contributed by atoms with van der Waals surface area (Å²) in [6, 6.07) is 9.48. The number of aromatic nitrogens is 3. The Morgan fingerprint density at radius 1 is 1.00 bits per heavy atom. The van der Waals surface area contributed by atoms with E-state index in [2.05, 4.69) is 4.99 Å². The zero-order valence-electron chi connectivity index (χ0n) is 26.1. The minimum absolute atomic E-state index is 0.121. The predicted molar refractivity (Wildman–Crippen MR) is 167 cm³/mol. The molecule has 0 spiro atoms. The van der Waals surface area contributed by atoms with Crippen molar-refractivity contribution in [1.82, 2.24) is 13.7 Å². The van der Waals surface area contributed by atoms with Crippen LogP contribution in [0.2, 0.25) is 0 Å². The highest BCUT2D eigenvalue weighted by molar-refractivity contribution is 7.48. The second kappa shape index (κ2) is 12.1. The lowest BCUT2D eigenvalue weighted by atomic mass is 10.1. The first-order valence-corrected chi connectivity index (χ1v) is 16.2. The Morgan fingerprint density at radius 3 is 2.19 bits per heavy atom. The van der Waals surface area contributed by atoms with Crippen LogP contribution >= 0.6 is 19.2 Å². The summed E-state index contributed by atoms with van der Waals surface area (Å²) in [6.45, 7) is 12.1. The molecule has 43 heavy (non-hydrogen) atoms. The SMILES string of the molecule is CC1=C(CC(=O)/N=c2\scc(-c3ccccc3)n2COP(=O)(OC(C)(C)C)OC(C)(C)C)c2c(n(C)c(=O)n(C)c2=O)C1. The van der Waals surface area contributed by atoms with Crippen LogP contribution in [0.3, 0.4) is 0 Å². The molecule has 13 heteroatoms. The largest absolute Gasteiger partial charge is 0.477 e. The predicted octanol–water partition coefficient (Wildman–Crippen LogP) is 5.17. The Bertz CT molecular complexity index is 1800. The van der Waals surface area contributed by atoms with E-state index in [9.17, 15) is 18.9 Å². The fraction of sp³-hybridized carbons (Fsp3) is 0.467. The Morgan fingerprint density at radius 2 is 1.60 bits per heavy atom. The molecule has 2 heterocycles. The lowest BCUT2D eigenvalue weighted by Crippen LogP contribution is -2.40. The standard InChI is InChI=1S/C30H39N4O7PS/c1-19-15-22-25(26(36)33(9)28(37)32(22)8)21(19)16-24(35)31-27-34(23(17-43-27)20-13-11-10-12-14-20)18-39-42(38,40-29(2,3)4)41-30(5,6)7/h10-14,17H,15-16,18H2,1-9H3/b31-27-. The number of rotatable bonds is 8. The normalized spacial score (nSPS) is 14.5. The third-order valence-electron chi connectivity index (χ3n) is 6.57. The van der Waals surface area contributed by atoms with E-state index in [0.717, 1.165) is 15.7 Å². The average molecular weight is 631 g/mol. The molecule has 0 saturated heterocycles. The molecule has 0 saturated carbocycles. The number of phosphoric acid groups is 1. The minimum atomic E-state index is -4.07. The van der Waals surface area contributed by atoms with E-state index in [1.807, 2.05) is 42.6 Å². The van der Waals surface area contributed by atoms with Gasteiger partial charge in [-0.05, 0) is 59.6 Å². The molecule has 3 aromatic rings. The quantitative estimate of drug-likeness (QED) is 0.315. The number of benzene rings is 1. The van der Waals surface area contributed by atoms with Gasteiger partial charge in [0, 0.05) is 31.6 Å². The van der Waals surface area contributed by atoms with Crippen molar-refractivity contribution in [2.45, 2.75) is 79.2 Å². The van der Waals surface area contributed by atoms with Crippen LogP contribution in [0.5, 0.6) is 0 Å². The van der Waals surface area contributed by atoms with Crippen molar-refractivity contribution in [3.8, 4) is 11.3 Å². The maximum atomic E-state index is 13.8. The van der Waals surface area contributed by atoms with Gasteiger partial charge in [-0.3, -0.25) is 36.9 Å². The molecule has 4 rings (SSSR count). The molecule has 232 valence electrons. The number of carbonyl (C=O) groups excluding carboxylic acids is 1. The smallest absolute Gasteiger partial charge is 0.300 e. The molecule has 0 fully saturated rings. The van der Waals surface area contributed by atoms with E-state index >= 15 is 0 Å². The van der Waals surface area contributed by atoms with E-state index < -0.39 is 36.2 Å². The van der Waals surface area contributed by atoms with E-state index in [-0.39, 0.29) is 13.2 Å². The molecular formula is C30H39N4O7PS. The Kier molecular flexibility index (Phi) is 9.21. The molecular weight excluding hydrogens is 591 g/mol. The molecule has 2 aromatic heterocycles. The summed E-state index contributed by atoms with van der Waals surface area (Å²) in [5, 5.41) is 1.84. The molecule has 11 nitrogen and oxygen atoms in total. The second-order valence-electron chi connectivity index (χ2n) is 12.5. The van der Waals surface area contributed by atoms with Crippen molar-refractivity contribution in [2.24, 2.45) is 19.1 Å². The maximum absolute atomic E-state index is 13.8. The molecule has 1 aliphatic rings. The highest BCUT2D eigenvalue weighted by Crippen LogP contribution is 2.55. The lowest BCUT2D eigenvalue weighted by molar-refractivity contribution is -0.117. The number of nitrogens with zero attached hydrogens (tertiary/aromatic N) is 4. The fourth-order valence-corrected chi connectivity index (χ4v) is 7.41. The molecule has 1 aromatic carbocycles. The van der Waals surface area contributed by atoms with Gasteiger partial charge in [-0.2, -0.15) is 4.99 Å². The number of thiazole rings is 1. The third kappa shape index (κ3) is 7.50. The van der Waals surface area contributed by atoms with Gasteiger partial charge in [-0.1, -0.05) is 35.9 Å². The number of allylic oxidation sites excluding steroid dienone is 1. The van der Waals surface area contributed by atoms with Gasteiger partial charge in [0.2, 0.25) is 0 Å². The molecule has 0 bridgehead atoms. The van der Waals surface area contributed by atoms with Gasteiger partial charge in [0.25, 0.3) is 11.5 Å². The molecule has 0 aliphatic heterocycles. The summed E-state index contributed by atoms with van der Waals surface area (Å²) < 4.78 is 35.4. The van der Waals surface area contributed by atoms with Crippen LogP contribution in [0.15, 0.2) is 55.9 Å². The monoisotopic (exact) mass is 630 g/mol. The van der Waals surface area contributed by atoms with Crippen LogP contribution in [-0.2, 0) is 50.2 Å². The Hall–Kier alpha value is -3.15. The Labute approximate surface area is 254 Å². The second-order valence-corrected chi connectivity index (χ2v) is 14.8. The first-order valence-electron chi connectivity index (χ1n) is 13.8. The zero-order valence-corrected chi connectivity index (χ0v) is 27.8. The third-order valence-corrected chi connectivity index (χ3v) is 9.41. The van der Waals surface area contributed by atoms with Crippen molar-refractivity contribution in [3.63, 3.8) is 0 Å². The number of amides is 1. The van der Waals surface area contributed by atoms with Gasteiger partial charge in [-0.25, -0.2) is 9.36 Å². The number of fused-ring (bicyclic) bond motifs is 1. The fourth-order valence-electron chi connectivity index (χ4n) is 4.76. The molecule has 0 unspecified atom stereocenters. The van der Waals surface area contributed by atoms with Crippen LogP contribution in [0.1, 0.15) is 66.1 Å². The molecule has 1 amide bonds.